The number of esters is 1. The van der Waals surface area contributed by atoms with Crippen molar-refractivity contribution in [3.8, 4) is 0 Å². The Morgan fingerprint density at radius 3 is 0.973 bits per heavy atom. The first-order valence-electron chi connectivity index (χ1n) is 33.4. The van der Waals surface area contributed by atoms with Gasteiger partial charge in [-0.2, -0.15) is 0 Å². The zero-order chi connectivity index (χ0) is 52.9. The van der Waals surface area contributed by atoms with Gasteiger partial charge in [-0.05, 0) is 51.4 Å². The fraction of sp³-hybridized carbons (Fsp3) is 0.940. The number of hydrogen-bond acceptors (Lipinski definition) is 5. The zero-order valence-corrected chi connectivity index (χ0v) is 49.6. The van der Waals surface area contributed by atoms with E-state index in [-0.39, 0.29) is 18.5 Å². The second kappa shape index (κ2) is 63.1. The van der Waals surface area contributed by atoms with Gasteiger partial charge in [0.05, 0.1) is 25.4 Å². The molecule has 6 heteroatoms. The van der Waals surface area contributed by atoms with Gasteiger partial charge < -0.3 is 20.3 Å². The van der Waals surface area contributed by atoms with Gasteiger partial charge in [-0.3, -0.25) is 9.59 Å². The molecule has 73 heavy (non-hydrogen) atoms. The van der Waals surface area contributed by atoms with E-state index in [9.17, 15) is 19.8 Å². The molecule has 2 unspecified atom stereocenters. The van der Waals surface area contributed by atoms with E-state index in [1.165, 1.54) is 308 Å². The number of rotatable bonds is 63. The first kappa shape index (κ1) is 71.6. The summed E-state index contributed by atoms with van der Waals surface area (Å²) in [6.45, 7) is 4.98. The Hall–Kier alpha value is -1.40. The molecule has 0 fully saturated rings. The summed E-state index contributed by atoms with van der Waals surface area (Å²) in [4.78, 5) is 24.6. The monoisotopic (exact) mass is 1030 g/mol. The highest BCUT2D eigenvalue weighted by molar-refractivity contribution is 5.76. The maximum absolute atomic E-state index is 12.5. The second-order valence-electron chi connectivity index (χ2n) is 23.2. The molecular weight excluding hydrogens is 899 g/mol. The standard InChI is InChI=1S/C67H131NO5/c1-3-5-7-9-11-13-15-17-19-21-22-24-28-31-35-39-43-47-51-55-59-65(70)64(63-69)68-66(71)60-56-52-48-44-40-36-32-29-25-23-26-30-34-38-42-46-50-54-58-62-73-67(72)61-57-53-49-45-41-37-33-27-20-18-16-14-12-10-8-6-4-2/h23,25,64-65,69-70H,3-22,24,26-63H2,1-2H3,(H,68,71)/b25-23-. The van der Waals surface area contributed by atoms with E-state index < -0.39 is 12.1 Å². The largest absolute Gasteiger partial charge is 0.466 e. The molecule has 0 saturated heterocycles. The van der Waals surface area contributed by atoms with Gasteiger partial charge in [-0.1, -0.05) is 328 Å². The average molecular weight is 1030 g/mol. The Morgan fingerprint density at radius 1 is 0.370 bits per heavy atom. The summed E-state index contributed by atoms with van der Waals surface area (Å²) in [5.41, 5.74) is 0. The van der Waals surface area contributed by atoms with Crippen molar-refractivity contribution in [3.63, 3.8) is 0 Å². The minimum Gasteiger partial charge on any atom is -0.466 e. The van der Waals surface area contributed by atoms with Crippen molar-refractivity contribution in [2.75, 3.05) is 13.2 Å². The lowest BCUT2D eigenvalue weighted by molar-refractivity contribution is -0.143. The van der Waals surface area contributed by atoms with Gasteiger partial charge in [0.1, 0.15) is 0 Å². The molecular formula is C67H131NO5. The van der Waals surface area contributed by atoms with Gasteiger partial charge in [-0.25, -0.2) is 0 Å². The van der Waals surface area contributed by atoms with Crippen molar-refractivity contribution >= 4 is 11.9 Å². The second-order valence-corrected chi connectivity index (χ2v) is 23.2. The number of amides is 1. The highest BCUT2D eigenvalue weighted by Crippen LogP contribution is 2.19. The Morgan fingerprint density at radius 2 is 0.644 bits per heavy atom. The predicted octanol–water partition coefficient (Wildman–Crippen LogP) is 21.2. The third kappa shape index (κ3) is 59.7. The van der Waals surface area contributed by atoms with Crippen LogP contribution in [0.25, 0.3) is 0 Å². The smallest absolute Gasteiger partial charge is 0.305 e. The van der Waals surface area contributed by atoms with E-state index in [0.717, 1.165) is 38.5 Å². The highest BCUT2D eigenvalue weighted by Gasteiger charge is 2.20. The number of allylic oxidation sites excluding steroid dienone is 2. The summed E-state index contributed by atoms with van der Waals surface area (Å²) in [6.07, 6.45) is 76.6. The number of nitrogens with one attached hydrogen (secondary N) is 1. The molecule has 0 spiro atoms. The van der Waals surface area contributed by atoms with Gasteiger partial charge in [0, 0.05) is 12.8 Å². The molecule has 0 aromatic carbocycles. The highest BCUT2D eigenvalue weighted by atomic mass is 16.5. The normalized spacial score (nSPS) is 12.5. The molecule has 0 aliphatic heterocycles. The van der Waals surface area contributed by atoms with E-state index in [2.05, 4.69) is 31.3 Å². The van der Waals surface area contributed by atoms with Crippen molar-refractivity contribution in [2.24, 2.45) is 0 Å². The molecule has 0 aliphatic rings. The topological polar surface area (TPSA) is 95.9 Å². The van der Waals surface area contributed by atoms with Crippen LogP contribution in [0.1, 0.15) is 380 Å². The Kier molecular flexibility index (Phi) is 61.9. The Labute approximate surface area is 457 Å². The molecule has 0 aromatic heterocycles. The van der Waals surface area contributed by atoms with Crippen LogP contribution in [0.15, 0.2) is 12.2 Å². The summed E-state index contributed by atoms with van der Waals surface area (Å²) >= 11 is 0. The van der Waals surface area contributed by atoms with Gasteiger partial charge in [0.2, 0.25) is 5.91 Å². The lowest BCUT2D eigenvalue weighted by atomic mass is 10.0. The van der Waals surface area contributed by atoms with Crippen LogP contribution < -0.4 is 5.32 Å². The van der Waals surface area contributed by atoms with E-state index in [0.29, 0.717) is 25.9 Å². The van der Waals surface area contributed by atoms with Crippen LogP contribution in [-0.4, -0.2) is 47.4 Å². The molecule has 0 rings (SSSR count). The predicted molar refractivity (Wildman–Crippen MR) is 320 cm³/mol. The summed E-state index contributed by atoms with van der Waals surface area (Å²) in [7, 11) is 0. The SMILES string of the molecule is CCCCCCCCCCCCCCCCCCCCCCC(O)C(CO)NC(=O)CCCCCCCCC/C=C\CCCCCCCCCCOC(=O)CCCCCCCCCCCCCCCCCCC. The van der Waals surface area contributed by atoms with Crippen LogP contribution in [0.2, 0.25) is 0 Å². The molecule has 3 N–H and O–H groups in total. The van der Waals surface area contributed by atoms with E-state index in [1.807, 2.05) is 0 Å². The first-order chi connectivity index (χ1) is 36.0. The minimum atomic E-state index is -0.671. The third-order valence-electron chi connectivity index (χ3n) is 15.8. The fourth-order valence-electron chi connectivity index (χ4n) is 10.7. The van der Waals surface area contributed by atoms with E-state index in [1.54, 1.807) is 0 Å². The quantitative estimate of drug-likeness (QED) is 0.0320. The summed E-state index contributed by atoms with van der Waals surface area (Å²) < 4.78 is 5.50. The molecule has 1 amide bonds. The number of carbonyl (C=O) groups excluding carboxylic acids is 2. The maximum Gasteiger partial charge on any atom is 0.305 e. The van der Waals surface area contributed by atoms with Crippen LogP contribution in [0.5, 0.6) is 0 Å². The van der Waals surface area contributed by atoms with E-state index in [4.69, 9.17) is 4.74 Å². The fourth-order valence-corrected chi connectivity index (χ4v) is 10.7. The van der Waals surface area contributed by atoms with Crippen molar-refractivity contribution < 1.29 is 24.5 Å². The minimum absolute atomic E-state index is 0.00907. The molecule has 0 radical (unpaired) electrons. The average Bonchev–Trinajstić information content (AvgIpc) is 3.39. The van der Waals surface area contributed by atoms with Crippen molar-refractivity contribution in [1.82, 2.24) is 5.32 Å². The Balaban J connectivity index is 3.41. The lowest BCUT2D eigenvalue weighted by Crippen LogP contribution is -2.45. The van der Waals surface area contributed by atoms with Crippen LogP contribution >= 0.6 is 0 Å². The number of aliphatic hydroxyl groups is 2. The molecule has 2 atom stereocenters. The molecule has 0 aliphatic carbocycles. The van der Waals surface area contributed by atoms with Crippen LogP contribution in [0.3, 0.4) is 0 Å². The number of ether oxygens (including phenoxy) is 1. The lowest BCUT2D eigenvalue weighted by Gasteiger charge is -2.22. The number of aliphatic hydroxyl groups excluding tert-OH is 2. The van der Waals surface area contributed by atoms with E-state index >= 15 is 0 Å². The molecule has 0 aromatic rings. The molecule has 0 bridgehead atoms. The molecule has 434 valence electrons. The van der Waals surface area contributed by atoms with Gasteiger partial charge >= 0.3 is 5.97 Å². The van der Waals surface area contributed by atoms with Gasteiger partial charge in [0.15, 0.2) is 0 Å². The van der Waals surface area contributed by atoms with Crippen LogP contribution in [0.4, 0.5) is 0 Å². The van der Waals surface area contributed by atoms with Crippen LogP contribution in [0, 0.1) is 0 Å². The van der Waals surface area contributed by atoms with Crippen LogP contribution in [-0.2, 0) is 14.3 Å². The maximum atomic E-state index is 12.5. The number of hydrogen-bond donors (Lipinski definition) is 3. The molecule has 6 nitrogen and oxygen atoms in total. The van der Waals surface area contributed by atoms with Crippen molar-refractivity contribution in [1.29, 1.82) is 0 Å². The molecule has 0 saturated carbocycles. The summed E-state index contributed by atoms with van der Waals surface area (Å²) in [5, 5.41) is 23.4. The van der Waals surface area contributed by atoms with Gasteiger partial charge in [-0.15, -0.1) is 0 Å². The van der Waals surface area contributed by atoms with Crippen molar-refractivity contribution in [2.45, 2.75) is 392 Å². The van der Waals surface area contributed by atoms with Crippen molar-refractivity contribution in [3.05, 3.63) is 12.2 Å². The van der Waals surface area contributed by atoms with Gasteiger partial charge in [0.25, 0.3) is 0 Å². The molecule has 0 heterocycles. The Bertz CT molecular complexity index is 1100. The third-order valence-corrected chi connectivity index (χ3v) is 15.8. The summed E-state index contributed by atoms with van der Waals surface area (Å²) in [5.74, 6) is -0.0313. The number of carbonyl (C=O) groups is 2. The zero-order valence-electron chi connectivity index (χ0n) is 49.6. The first-order valence-corrected chi connectivity index (χ1v) is 33.4. The number of unbranched alkanes of at least 4 members (excludes halogenated alkanes) is 50. The summed E-state index contributed by atoms with van der Waals surface area (Å²) in [6, 6.07) is -0.549.